The predicted molar refractivity (Wildman–Crippen MR) is 107 cm³/mol. The van der Waals surface area contributed by atoms with Gasteiger partial charge < -0.3 is 29.0 Å². The van der Waals surface area contributed by atoms with E-state index in [9.17, 15) is 9.59 Å². The van der Waals surface area contributed by atoms with Gasteiger partial charge in [0.15, 0.2) is 6.61 Å². The van der Waals surface area contributed by atoms with Gasteiger partial charge in [-0.05, 0) is 31.2 Å². The lowest BCUT2D eigenvalue weighted by Gasteiger charge is -2.10. The molecule has 0 radical (unpaired) electrons. The van der Waals surface area contributed by atoms with Gasteiger partial charge in [-0.1, -0.05) is 0 Å². The maximum atomic E-state index is 12.0. The van der Waals surface area contributed by atoms with Gasteiger partial charge in [-0.2, -0.15) is 0 Å². The van der Waals surface area contributed by atoms with Crippen molar-refractivity contribution in [1.82, 2.24) is 0 Å². The molecule has 0 atom stereocenters. The second kappa shape index (κ2) is 11.4. The highest BCUT2D eigenvalue weighted by Crippen LogP contribution is 2.25. The molecule has 0 aliphatic rings. The van der Waals surface area contributed by atoms with E-state index >= 15 is 0 Å². The molecule has 0 aliphatic carbocycles. The van der Waals surface area contributed by atoms with Gasteiger partial charge in [0.2, 0.25) is 0 Å². The van der Waals surface area contributed by atoms with Gasteiger partial charge in [-0.25, -0.2) is 0 Å². The molecule has 2 aromatic carbocycles. The molecule has 2 aromatic rings. The van der Waals surface area contributed by atoms with Crippen LogP contribution in [-0.2, 0) is 14.3 Å². The van der Waals surface area contributed by atoms with Gasteiger partial charge in [-0.3, -0.25) is 9.59 Å². The molecule has 0 aliphatic heterocycles. The highest BCUT2D eigenvalue weighted by Gasteiger charge is 2.10. The van der Waals surface area contributed by atoms with Crippen molar-refractivity contribution in [2.45, 2.75) is 13.3 Å². The van der Waals surface area contributed by atoms with E-state index < -0.39 is 18.5 Å². The van der Waals surface area contributed by atoms with Crippen LogP contribution in [0, 0.1) is 0 Å². The van der Waals surface area contributed by atoms with E-state index in [4.69, 9.17) is 23.7 Å². The molecular formula is C21H25NO7. The normalized spacial score (nSPS) is 10.0. The summed E-state index contributed by atoms with van der Waals surface area (Å²) in [7, 11) is 3.02. The Morgan fingerprint density at radius 2 is 1.45 bits per heavy atom. The summed E-state index contributed by atoms with van der Waals surface area (Å²) in [6, 6.07) is 12.0. The fraction of sp³-hybridized carbons (Fsp3) is 0.333. The Balaban J connectivity index is 1.71. The fourth-order valence-corrected chi connectivity index (χ4v) is 2.35. The van der Waals surface area contributed by atoms with E-state index in [-0.39, 0.29) is 13.0 Å². The average molecular weight is 403 g/mol. The molecule has 8 heteroatoms. The van der Waals surface area contributed by atoms with Crippen LogP contribution in [-0.4, -0.2) is 45.9 Å². The van der Waals surface area contributed by atoms with E-state index in [1.54, 1.807) is 42.5 Å². The zero-order chi connectivity index (χ0) is 21.1. The zero-order valence-corrected chi connectivity index (χ0v) is 16.7. The van der Waals surface area contributed by atoms with Crippen LogP contribution < -0.4 is 24.3 Å². The monoisotopic (exact) mass is 403 g/mol. The fourth-order valence-electron chi connectivity index (χ4n) is 2.35. The molecule has 0 unspecified atom stereocenters. The van der Waals surface area contributed by atoms with Crippen LogP contribution in [0.5, 0.6) is 23.0 Å². The van der Waals surface area contributed by atoms with Crippen molar-refractivity contribution in [2.24, 2.45) is 0 Å². The maximum Gasteiger partial charge on any atom is 0.309 e. The van der Waals surface area contributed by atoms with Gasteiger partial charge in [0, 0.05) is 23.9 Å². The molecule has 156 valence electrons. The summed E-state index contributed by atoms with van der Waals surface area (Å²) in [5.74, 6) is 1.42. The third kappa shape index (κ3) is 7.61. The molecule has 29 heavy (non-hydrogen) atoms. The molecule has 0 spiro atoms. The van der Waals surface area contributed by atoms with Crippen LogP contribution in [0.2, 0.25) is 0 Å². The summed E-state index contributed by atoms with van der Waals surface area (Å²) in [4.78, 5) is 23.8. The number of ether oxygens (including phenoxy) is 5. The summed E-state index contributed by atoms with van der Waals surface area (Å²) in [6.45, 7) is 2.23. The van der Waals surface area contributed by atoms with Crippen molar-refractivity contribution < 1.29 is 33.3 Å². The molecule has 0 bridgehead atoms. The van der Waals surface area contributed by atoms with Gasteiger partial charge in [0.25, 0.3) is 5.91 Å². The van der Waals surface area contributed by atoms with Crippen LogP contribution in [0.25, 0.3) is 0 Å². The maximum absolute atomic E-state index is 12.0. The average Bonchev–Trinajstić information content (AvgIpc) is 2.73. The molecule has 0 aromatic heterocycles. The molecule has 0 fully saturated rings. The van der Waals surface area contributed by atoms with E-state index in [0.717, 1.165) is 5.75 Å². The van der Waals surface area contributed by atoms with Crippen LogP contribution in [0.1, 0.15) is 13.3 Å². The number of methoxy groups -OCH3 is 2. The molecule has 0 saturated carbocycles. The standard InChI is InChI=1S/C21H25NO7/c1-4-27-16-5-7-17(8-6-16)28-10-9-21(24)29-14-20(23)22-15-11-18(25-2)13-19(12-15)26-3/h5-8,11-13H,4,9-10,14H2,1-3H3,(H,22,23). The minimum absolute atomic E-state index is 0.0213. The Kier molecular flexibility index (Phi) is 8.62. The summed E-state index contributed by atoms with van der Waals surface area (Å²) in [5, 5.41) is 2.62. The zero-order valence-electron chi connectivity index (χ0n) is 16.7. The van der Waals surface area contributed by atoms with Crippen LogP contribution in [0.15, 0.2) is 42.5 Å². The first kappa shape index (κ1) is 21.9. The number of amides is 1. The number of esters is 1. The first-order valence-electron chi connectivity index (χ1n) is 9.08. The SMILES string of the molecule is CCOc1ccc(OCCC(=O)OCC(=O)Nc2cc(OC)cc(OC)c2)cc1. The smallest absolute Gasteiger partial charge is 0.309 e. The Morgan fingerprint density at radius 3 is 2.00 bits per heavy atom. The number of hydrogen-bond acceptors (Lipinski definition) is 7. The summed E-state index contributed by atoms with van der Waals surface area (Å²) >= 11 is 0. The van der Waals surface area contributed by atoms with E-state index in [0.29, 0.717) is 29.5 Å². The number of carbonyl (C=O) groups excluding carboxylic acids is 2. The van der Waals surface area contributed by atoms with Crippen molar-refractivity contribution in [3.05, 3.63) is 42.5 Å². The van der Waals surface area contributed by atoms with Crippen molar-refractivity contribution in [3.8, 4) is 23.0 Å². The summed E-state index contributed by atoms with van der Waals surface area (Å²) in [5.41, 5.74) is 0.473. The van der Waals surface area contributed by atoms with Gasteiger partial charge >= 0.3 is 5.97 Å². The number of anilines is 1. The van der Waals surface area contributed by atoms with Crippen molar-refractivity contribution in [3.63, 3.8) is 0 Å². The van der Waals surface area contributed by atoms with E-state index in [2.05, 4.69) is 5.32 Å². The van der Waals surface area contributed by atoms with Gasteiger partial charge in [-0.15, -0.1) is 0 Å². The largest absolute Gasteiger partial charge is 0.497 e. The predicted octanol–water partition coefficient (Wildman–Crippen LogP) is 3.05. The summed E-state index contributed by atoms with van der Waals surface area (Å²) < 4.78 is 26.1. The second-order valence-electron chi connectivity index (χ2n) is 5.81. The van der Waals surface area contributed by atoms with Crippen LogP contribution >= 0.6 is 0 Å². The van der Waals surface area contributed by atoms with E-state index in [1.165, 1.54) is 14.2 Å². The van der Waals surface area contributed by atoms with E-state index in [1.807, 2.05) is 6.92 Å². The first-order valence-corrected chi connectivity index (χ1v) is 9.08. The number of rotatable bonds is 11. The van der Waals surface area contributed by atoms with Crippen LogP contribution in [0.4, 0.5) is 5.69 Å². The molecule has 8 nitrogen and oxygen atoms in total. The molecule has 2 rings (SSSR count). The molecule has 0 heterocycles. The Morgan fingerprint density at radius 1 is 0.862 bits per heavy atom. The molecule has 1 amide bonds. The Bertz CT molecular complexity index is 783. The third-order valence-electron chi connectivity index (χ3n) is 3.71. The number of benzene rings is 2. The number of nitrogens with one attached hydrogen (secondary N) is 1. The highest BCUT2D eigenvalue weighted by atomic mass is 16.5. The molecule has 0 saturated heterocycles. The number of hydrogen-bond donors (Lipinski definition) is 1. The third-order valence-corrected chi connectivity index (χ3v) is 3.71. The lowest BCUT2D eigenvalue weighted by atomic mass is 10.2. The van der Waals surface area contributed by atoms with Crippen molar-refractivity contribution in [1.29, 1.82) is 0 Å². The molecular weight excluding hydrogens is 378 g/mol. The quantitative estimate of drug-likeness (QED) is 0.577. The van der Waals surface area contributed by atoms with Gasteiger partial charge in [0.1, 0.15) is 23.0 Å². The van der Waals surface area contributed by atoms with Crippen molar-refractivity contribution >= 4 is 17.6 Å². The summed E-state index contributed by atoms with van der Waals surface area (Å²) in [6.07, 6.45) is 0.0213. The topological polar surface area (TPSA) is 92.3 Å². The minimum atomic E-state index is -0.533. The lowest BCUT2D eigenvalue weighted by molar-refractivity contribution is -0.147. The molecule has 1 N–H and O–H groups in total. The highest BCUT2D eigenvalue weighted by molar-refractivity contribution is 5.93. The lowest BCUT2D eigenvalue weighted by Crippen LogP contribution is -2.21. The first-order chi connectivity index (χ1) is 14.0. The van der Waals surface area contributed by atoms with Gasteiger partial charge in [0.05, 0.1) is 33.9 Å². The Labute approximate surface area is 169 Å². The minimum Gasteiger partial charge on any atom is -0.497 e. The Hall–Kier alpha value is -3.42. The number of carbonyl (C=O) groups is 2. The van der Waals surface area contributed by atoms with Crippen molar-refractivity contribution in [2.75, 3.05) is 39.4 Å². The second-order valence-corrected chi connectivity index (χ2v) is 5.81. The van der Waals surface area contributed by atoms with Crippen LogP contribution in [0.3, 0.4) is 0 Å².